The summed E-state index contributed by atoms with van der Waals surface area (Å²) in [5.74, 6) is 1.21. The molecular weight excluding hydrogens is 358 g/mol. The Labute approximate surface area is 172 Å². The average molecular weight is 390 g/mol. The molecule has 152 valence electrons. The summed E-state index contributed by atoms with van der Waals surface area (Å²) in [6.45, 7) is 3.78. The lowest BCUT2D eigenvalue weighted by molar-refractivity contribution is 0.157. The Morgan fingerprint density at radius 1 is 1.07 bits per heavy atom. The molecular formula is C24H31N5. The molecule has 0 fully saturated rings. The van der Waals surface area contributed by atoms with E-state index in [1.807, 2.05) is 6.20 Å². The number of rotatable bonds is 7. The minimum atomic E-state index is 0.383. The standard InChI is InChI=1S/C24H31N5/c25-13-1-2-15-28(21-12-4-7-18-9-5-14-26-23(18)21)17-22-27-20-11-3-8-19-10-6-16-29(22)24(19)20/h3,5,8-9,11,14,21H,1-2,4,6-7,10,12-13,15-17,25H2. The van der Waals surface area contributed by atoms with E-state index in [2.05, 4.69) is 39.8 Å². The van der Waals surface area contributed by atoms with Crippen molar-refractivity contribution in [1.29, 1.82) is 0 Å². The zero-order chi connectivity index (χ0) is 19.6. The van der Waals surface area contributed by atoms with Crippen molar-refractivity contribution in [2.75, 3.05) is 13.1 Å². The van der Waals surface area contributed by atoms with Gasteiger partial charge in [0.05, 0.1) is 29.3 Å². The van der Waals surface area contributed by atoms with Crippen LogP contribution in [-0.4, -0.2) is 32.5 Å². The molecule has 29 heavy (non-hydrogen) atoms. The molecule has 0 radical (unpaired) electrons. The Balaban J connectivity index is 1.49. The number of benzene rings is 1. The minimum absolute atomic E-state index is 0.383. The number of para-hydroxylation sites is 1. The number of imidazole rings is 1. The molecule has 1 aromatic carbocycles. The second-order valence-electron chi connectivity index (χ2n) is 8.49. The Kier molecular flexibility index (Phi) is 5.34. The first-order valence-corrected chi connectivity index (χ1v) is 11.2. The second kappa shape index (κ2) is 8.25. The van der Waals surface area contributed by atoms with Crippen LogP contribution in [0.2, 0.25) is 0 Å². The number of hydrogen-bond acceptors (Lipinski definition) is 4. The normalized spacial score (nSPS) is 18.3. The highest BCUT2D eigenvalue weighted by Crippen LogP contribution is 2.35. The summed E-state index contributed by atoms with van der Waals surface area (Å²) in [4.78, 5) is 12.5. The van der Waals surface area contributed by atoms with E-state index in [0.29, 0.717) is 6.04 Å². The van der Waals surface area contributed by atoms with Crippen molar-refractivity contribution >= 4 is 11.0 Å². The number of unbranched alkanes of at least 4 members (excludes halogenated alkanes) is 1. The van der Waals surface area contributed by atoms with E-state index in [1.54, 1.807) is 0 Å². The summed E-state index contributed by atoms with van der Waals surface area (Å²) in [6, 6.07) is 11.3. The topological polar surface area (TPSA) is 60.0 Å². The molecule has 5 nitrogen and oxygen atoms in total. The third kappa shape index (κ3) is 3.58. The van der Waals surface area contributed by atoms with Crippen LogP contribution >= 0.6 is 0 Å². The van der Waals surface area contributed by atoms with E-state index >= 15 is 0 Å². The number of hydrogen-bond donors (Lipinski definition) is 1. The molecule has 0 amide bonds. The maximum absolute atomic E-state index is 5.80. The first-order chi connectivity index (χ1) is 14.3. The number of nitrogens with zero attached hydrogens (tertiary/aromatic N) is 4. The van der Waals surface area contributed by atoms with Crippen molar-refractivity contribution in [3.8, 4) is 0 Å². The lowest BCUT2D eigenvalue weighted by Crippen LogP contribution is -2.34. The summed E-state index contributed by atoms with van der Waals surface area (Å²) in [7, 11) is 0. The van der Waals surface area contributed by atoms with Crippen LogP contribution in [0, 0.1) is 0 Å². The molecule has 1 aliphatic carbocycles. The van der Waals surface area contributed by atoms with Gasteiger partial charge >= 0.3 is 0 Å². The van der Waals surface area contributed by atoms with Gasteiger partial charge in [-0.2, -0.15) is 0 Å². The molecule has 0 saturated carbocycles. The molecule has 1 unspecified atom stereocenters. The lowest BCUT2D eigenvalue weighted by Gasteiger charge is -2.35. The van der Waals surface area contributed by atoms with Gasteiger partial charge in [-0.3, -0.25) is 9.88 Å². The van der Waals surface area contributed by atoms with Crippen molar-refractivity contribution in [2.45, 2.75) is 64.1 Å². The van der Waals surface area contributed by atoms with Crippen LogP contribution in [0.5, 0.6) is 0 Å². The van der Waals surface area contributed by atoms with Gasteiger partial charge in [0, 0.05) is 12.7 Å². The van der Waals surface area contributed by atoms with Gasteiger partial charge in [0.2, 0.25) is 0 Å². The van der Waals surface area contributed by atoms with Crippen LogP contribution in [0.15, 0.2) is 36.5 Å². The van der Waals surface area contributed by atoms with E-state index in [0.717, 1.165) is 51.0 Å². The zero-order valence-electron chi connectivity index (χ0n) is 17.2. The molecule has 2 aliphatic rings. The zero-order valence-corrected chi connectivity index (χ0v) is 17.2. The van der Waals surface area contributed by atoms with Crippen LogP contribution in [-0.2, 0) is 25.9 Å². The van der Waals surface area contributed by atoms with Gasteiger partial charge in [0.1, 0.15) is 5.82 Å². The van der Waals surface area contributed by atoms with Gasteiger partial charge in [-0.15, -0.1) is 0 Å². The monoisotopic (exact) mass is 389 g/mol. The molecule has 5 rings (SSSR count). The maximum atomic E-state index is 5.80. The highest BCUT2D eigenvalue weighted by atomic mass is 15.2. The van der Waals surface area contributed by atoms with Crippen molar-refractivity contribution in [1.82, 2.24) is 19.4 Å². The van der Waals surface area contributed by atoms with E-state index in [4.69, 9.17) is 15.7 Å². The van der Waals surface area contributed by atoms with Gasteiger partial charge in [0.15, 0.2) is 0 Å². The van der Waals surface area contributed by atoms with Crippen molar-refractivity contribution in [3.05, 3.63) is 59.2 Å². The van der Waals surface area contributed by atoms with Gasteiger partial charge < -0.3 is 10.3 Å². The Hall–Kier alpha value is -2.24. The summed E-state index contributed by atoms with van der Waals surface area (Å²) < 4.78 is 2.48. The highest BCUT2D eigenvalue weighted by molar-refractivity contribution is 5.80. The maximum Gasteiger partial charge on any atom is 0.124 e. The fraction of sp³-hybridized carbons (Fsp3) is 0.500. The van der Waals surface area contributed by atoms with Gasteiger partial charge in [-0.05, 0) is 81.3 Å². The van der Waals surface area contributed by atoms with E-state index in [-0.39, 0.29) is 0 Å². The predicted molar refractivity (Wildman–Crippen MR) is 117 cm³/mol. The van der Waals surface area contributed by atoms with Crippen molar-refractivity contribution in [2.24, 2.45) is 5.73 Å². The molecule has 0 saturated heterocycles. The summed E-state index contributed by atoms with van der Waals surface area (Å²) >= 11 is 0. The van der Waals surface area contributed by atoms with Crippen molar-refractivity contribution < 1.29 is 0 Å². The van der Waals surface area contributed by atoms with Crippen LogP contribution in [0.1, 0.15) is 60.8 Å². The van der Waals surface area contributed by atoms with Gasteiger partial charge in [-0.25, -0.2) is 4.98 Å². The van der Waals surface area contributed by atoms with Gasteiger partial charge in [0.25, 0.3) is 0 Å². The Morgan fingerprint density at radius 3 is 2.90 bits per heavy atom. The smallest absolute Gasteiger partial charge is 0.124 e. The van der Waals surface area contributed by atoms with Crippen LogP contribution in [0.4, 0.5) is 0 Å². The third-order valence-corrected chi connectivity index (χ3v) is 6.61. The Morgan fingerprint density at radius 2 is 1.97 bits per heavy atom. The van der Waals surface area contributed by atoms with E-state index in [9.17, 15) is 0 Å². The molecule has 0 bridgehead atoms. The van der Waals surface area contributed by atoms with Crippen LogP contribution in [0.3, 0.4) is 0 Å². The number of nitrogens with two attached hydrogens (primary N) is 1. The summed E-state index contributed by atoms with van der Waals surface area (Å²) in [5.41, 5.74) is 12.5. The highest BCUT2D eigenvalue weighted by Gasteiger charge is 2.29. The largest absolute Gasteiger partial charge is 0.330 e. The van der Waals surface area contributed by atoms with E-state index < -0.39 is 0 Å². The Bertz CT molecular complexity index is 992. The minimum Gasteiger partial charge on any atom is -0.330 e. The van der Waals surface area contributed by atoms with Crippen LogP contribution in [0.25, 0.3) is 11.0 Å². The molecule has 0 spiro atoms. The first-order valence-electron chi connectivity index (χ1n) is 11.2. The molecule has 3 aromatic rings. The van der Waals surface area contributed by atoms with E-state index in [1.165, 1.54) is 53.8 Å². The van der Waals surface area contributed by atoms with Gasteiger partial charge in [-0.1, -0.05) is 18.2 Å². The number of aryl methyl sites for hydroxylation is 3. The third-order valence-electron chi connectivity index (χ3n) is 6.61. The number of fused-ring (bicyclic) bond motifs is 1. The molecule has 2 N–H and O–H groups in total. The lowest BCUT2D eigenvalue weighted by atomic mass is 9.90. The molecule has 5 heteroatoms. The predicted octanol–water partition coefficient (Wildman–Crippen LogP) is 4.00. The summed E-state index contributed by atoms with van der Waals surface area (Å²) in [6.07, 6.45) is 10.1. The fourth-order valence-electron chi connectivity index (χ4n) is 5.23. The van der Waals surface area contributed by atoms with Crippen LogP contribution < -0.4 is 5.73 Å². The molecule has 2 aromatic heterocycles. The first kappa shape index (κ1) is 18.8. The average Bonchev–Trinajstić information content (AvgIpc) is 3.12. The van der Waals surface area contributed by atoms with Crippen molar-refractivity contribution in [3.63, 3.8) is 0 Å². The number of pyridine rings is 1. The molecule has 1 aliphatic heterocycles. The second-order valence-corrected chi connectivity index (χ2v) is 8.49. The summed E-state index contributed by atoms with van der Waals surface area (Å²) in [5, 5.41) is 0. The quantitative estimate of drug-likeness (QED) is 0.621. The number of aromatic nitrogens is 3. The SMILES string of the molecule is NCCCCN(Cc1nc2cccc3c2n1CCC3)C1CCCc2cccnc21. The molecule has 3 heterocycles. The fourth-order valence-corrected chi connectivity index (χ4v) is 5.23. The molecule has 1 atom stereocenters.